The van der Waals surface area contributed by atoms with Gasteiger partial charge in [0.2, 0.25) is 5.82 Å². The molecule has 0 radical (unpaired) electrons. The third-order valence-corrected chi connectivity index (χ3v) is 2.43. The molecule has 2 rings (SSSR count). The second-order valence-electron chi connectivity index (χ2n) is 3.47. The molecule has 0 spiro atoms. The lowest BCUT2D eigenvalue weighted by atomic mass is 10.3. The number of carboxylic acid groups (broad SMARTS) is 1. The molecular weight excluding hydrogens is 222 g/mol. The smallest absolute Gasteiger partial charge is 0.372 e. The van der Waals surface area contributed by atoms with E-state index in [4.69, 9.17) is 10.4 Å². The summed E-state index contributed by atoms with van der Waals surface area (Å²) >= 11 is 0. The molecule has 2 aromatic rings. The molecule has 0 fully saturated rings. The number of aromatic carboxylic acids is 1. The first-order chi connectivity index (χ1) is 8.06. The Morgan fingerprint density at radius 3 is 2.71 bits per heavy atom. The van der Waals surface area contributed by atoms with Crippen molar-refractivity contribution in [2.45, 2.75) is 0 Å². The minimum Gasteiger partial charge on any atom is -0.475 e. The van der Waals surface area contributed by atoms with E-state index >= 15 is 0 Å². The van der Waals surface area contributed by atoms with Gasteiger partial charge in [-0.1, -0.05) is 0 Å². The van der Waals surface area contributed by atoms with E-state index in [1.165, 1.54) is 11.6 Å². The number of carboxylic acids is 1. The van der Waals surface area contributed by atoms with E-state index in [0.29, 0.717) is 5.82 Å². The number of hydrogen-bond donors (Lipinski definition) is 1. The van der Waals surface area contributed by atoms with Gasteiger partial charge in [0.1, 0.15) is 11.8 Å². The zero-order valence-electron chi connectivity index (χ0n) is 9.25. The van der Waals surface area contributed by atoms with Crippen LogP contribution in [0, 0.1) is 11.3 Å². The largest absolute Gasteiger partial charge is 0.475 e. The third-order valence-electron chi connectivity index (χ3n) is 2.43. The van der Waals surface area contributed by atoms with Crippen LogP contribution in [0.15, 0.2) is 12.4 Å². The van der Waals surface area contributed by atoms with Crippen LogP contribution in [0.2, 0.25) is 0 Å². The Labute approximate surface area is 96.6 Å². The molecule has 7 nitrogen and oxygen atoms in total. The SMILES string of the molecule is Cn1ccnc1-c1nc(C(=O)O)n(C)c1C#N. The lowest BCUT2D eigenvalue weighted by molar-refractivity contribution is 0.0679. The van der Waals surface area contributed by atoms with Gasteiger partial charge in [-0.2, -0.15) is 5.26 Å². The number of nitriles is 1. The van der Waals surface area contributed by atoms with Crippen molar-refractivity contribution in [3.8, 4) is 17.6 Å². The molecular formula is C10H9N5O2. The number of imidazole rings is 2. The van der Waals surface area contributed by atoms with E-state index in [-0.39, 0.29) is 17.2 Å². The summed E-state index contributed by atoms with van der Waals surface area (Å²) in [5, 5.41) is 18.0. The van der Waals surface area contributed by atoms with E-state index in [2.05, 4.69) is 9.97 Å². The molecule has 2 aromatic heterocycles. The number of rotatable bonds is 2. The highest BCUT2D eigenvalue weighted by molar-refractivity contribution is 5.85. The summed E-state index contributed by atoms with van der Waals surface area (Å²) in [5.41, 5.74) is 0.455. The Hall–Kier alpha value is -2.62. The first kappa shape index (κ1) is 10.9. The molecule has 0 aliphatic rings. The number of hydrogen-bond acceptors (Lipinski definition) is 4. The Kier molecular flexibility index (Phi) is 2.40. The quantitative estimate of drug-likeness (QED) is 0.806. The van der Waals surface area contributed by atoms with Crippen molar-refractivity contribution in [1.29, 1.82) is 5.26 Å². The summed E-state index contributed by atoms with van der Waals surface area (Å²) in [5.74, 6) is -0.895. The molecule has 1 N–H and O–H groups in total. The van der Waals surface area contributed by atoms with Crippen LogP contribution in [0.3, 0.4) is 0 Å². The van der Waals surface area contributed by atoms with Crippen LogP contribution in [0.5, 0.6) is 0 Å². The molecule has 86 valence electrons. The maximum Gasteiger partial charge on any atom is 0.372 e. The first-order valence-corrected chi connectivity index (χ1v) is 4.74. The summed E-state index contributed by atoms with van der Waals surface area (Å²) in [6.07, 6.45) is 3.26. The first-order valence-electron chi connectivity index (χ1n) is 4.74. The normalized spacial score (nSPS) is 10.2. The van der Waals surface area contributed by atoms with E-state index < -0.39 is 5.97 Å². The van der Waals surface area contributed by atoms with Crippen molar-refractivity contribution in [1.82, 2.24) is 19.1 Å². The van der Waals surface area contributed by atoms with Crippen LogP contribution < -0.4 is 0 Å². The standard InChI is InChI=1S/C10H9N5O2/c1-14-4-3-12-8(14)7-6(5-11)15(2)9(13-7)10(16)17/h3-4H,1-2H3,(H,16,17). The lowest BCUT2D eigenvalue weighted by Crippen LogP contribution is -2.06. The van der Waals surface area contributed by atoms with Gasteiger partial charge in [-0.15, -0.1) is 0 Å². The van der Waals surface area contributed by atoms with Gasteiger partial charge in [-0.05, 0) is 0 Å². The third kappa shape index (κ3) is 1.56. The highest BCUT2D eigenvalue weighted by Crippen LogP contribution is 2.20. The predicted octanol–water partition coefficient (Wildman–Crippen LogP) is 0.390. The zero-order valence-corrected chi connectivity index (χ0v) is 9.25. The molecule has 0 aliphatic heterocycles. The summed E-state index contributed by atoms with van der Waals surface area (Å²) in [6, 6.07) is 1.94. The van der Waals surface area contributed by atoms with Gasteiger partial charge in [0.25, 0.3) is 0 Å². The molecule has 0 aromatic carbocycles. The fourth-order valence-corrected chi connectivity index (χ4v) is 1.57. The van der Waals surface area contributed by atoms with Crippen LogP contribution in [-0.2, 0) is 14.1 Å². The van der Waals surface area contributed by atoms with Crippen molar-refractivity contribution < 1.29 is 9.90 Å². The monoisotopic (exact) mass is 231 g/mol. The number of aromatic nitrogens is 4. The van der Waals surface area contributed by atoms with Gasteiger partial charge >= 0.3 is 5.97 Å². The van der Waals surface area contributed by atoms with Crippen molar-refractivity contribution in [3.05, 3.63) is 23.9 Å². The lowest BCUT2D eigenvalue weighted by Gasteiger charge is -1.98. The topological polar surface area (TPSA) is 96.7 Å². The van der Waals surface area contributed by atoms with Gasteiger partial charge in [0.05, 0.1) is 0 Å². The van der Waals surface area contributed by atoms with E-state index in [1.807, 2.05) is 6.07 Å². The van der Waals surface area contributed by atoms with Crippen LogP contribution in [0.25, 0.3) is 11.5 Å². The molecule has 0 atom stereocenters. The van der Waals surface area contributed by atoms with Gasteiger partial charge in [-0.3, -0.25) is 0 Å². The van der Waals surface area contributed by atoms with Crippen molar-refractivity contribution in [2.24, 2.45) is 14.1 Å². The Balaban J connectivity index is 2.72. The highest BCUT2D eigenvalue weighted by atomic mass is 16.4. The molecule has 7 heteroatoms. The number of aryl methyl sites for hydroxylation is 1. The van der Waals surface area contributed by atoms with Crippen molar-refractivity contribution >= 4 is 5.97 Å². The minimum atomic E-state index is -1.18. The zero-order chi connectivity index (χ0) is 12.6. The molecule has 0 aliphatic carbocycles. The molecule has 0 saturated heterocycles. The summed E-state index contributed by atoms with van der Waals surface area (Å²) in [7, 11) is 3.24. The van der Waals surface area contributed by atoms with Crippen molar-refractivity contribution in [3.63, 3.8) is 0 Å². The number of carbonyl (C=O) groups is 1. The molecule has 0 unspecified atom stereocenters. The molecule has 0 bridgehead atoms. The maximum atomic E-state index is 10.9. The van der Waals surface area contributed by atoms with Gasteiger partial charge < -0.3 is 14.2 Å². The van der Waals surface area contributed by atoms with Crippen LogP contribution in [0.1, 0.15) is 16.3 Å². The molecule has 17 heavy (non-hydrogen) atoms. The van der Waals surface area contributed by atoms with Crippen LogP contribution >= 0.6 is 0 Å². The summed E-state index contributed by atoms with van der Waals surface area (Å²) in [4.78, 5) is 18.9. The highest BCUT2D eigenvalue weighted by Gasteiger charge is 2.22. The van der Waals surface area contributed by atoms with Gasteiger partial charge in [0.15, 0.2) is 11.5 Å². The van der Waals surface area contributed by atoms with Gasteiger partial charge in [0, 0.05) is 26.5 Å². The summed E-state index contributed by atoms with van der Waals surface area (Å²) < 4.78 is 2.92. The summed E-state index contributed by atoms with van der Waals surface area (Å²) in [6.45, 7) is 0. The second kappa shape index (κ2) is 3.75. The Bertz CT molecular complexity index is 632. The molecule has 0 saturated carbocycles. The number of nitrogens with zero attached hydrogens (tertiary/aromatic N) is 5. The van der Waals surface area contributed by atoms with E-state index in [1.54, 1.807) is 24.0 Å². The van der Waals surface area contributed by atoms with Gasteiger partial charge in [-0.25, -0.2) is 14.8 Å². The van der Waals surface area contributed by atoms with Crippen LogP contribution in [0.4, 0.5) is 0 Å². The fraction of sp³-hybridized carbons (Fsp3) is 0.200. The second-order valence-corrected chi connectivity index (χ2v) is 3.47. The Morgan fingerprint density at radius 2 is 2.24 bits per heavy atom. The van der Waals surface area contributed by atoms with E-state index in [0.717, 1.165) is 0 Å². The van der Waals surface area contributed by atoms with E-state index in [9.17, 15) is 4.79 Å². The maximum absolute atomic E-state index is 10.9. The average Bonchev–Trinajstić information content (AvgIpc) is 2.81. The molecule has 2 heterocycles. The fourth-order valence-electron chi connectivity index (χ4n) is 1.57. The minimum absolute atomic E-state index is 0.178. The molecule has 0 amide bonds. The predicted molar refractivity (Wildman–Crippen MR) is 57.1 cm³/mol. The van der Waals surface area contributed by atoms with Crippen molar-refractivity contribution in [2.75, 3.05) is 0 Å². The Morgan fingerprint density at radius 1 is 1.53 bits per heavy atom. The average molecular weight is 231 g/mol. The van der Waals surface area contributed by atoms with Crippen LogP contribution in [-0.4, -0.2) is 30.2 Å².